The van der Waals surface area contributed by atoms with Crippen LogP contribution in [-0.4, -0.2) is 18.4 Å². The SMILES string of the molecule is COc1ccc(O)c(/C=N\Nc2ccccc2)c1. The predicted molar refractivity (Wildman–Crippen MR) is 72.3 cm³/mol. The fraction of sp³-hybridized carbons (Fsp3) is 0.0714. The van der Waals surface area contributed by atoms with Gasteiger partial charge in [-0.05, 0) is 30.3 Å². The van der Waals surface area contributed by atoms with Gasteiger partial charge in [0.15, 0.2) is 0 Å². The van der Waals surface area contributed by atoms with Gasteiger partial charge in [-0.2, -0.15) is 5.10 Å². The Labute approximate surface area is 106 Å². The minimum Gasteiger partial charge on any atom is -0.507 e. The van der Waals surface area contributed by atoms with Gasteiger partial charge < -0.3 is 9.84 Å². The highest BCUT2D eigenvalue weighted by atomic mass is 16.5. The highest BCUT2D eigenvalue weighted by Gasteiger charge is 2.00. The number of anilines is 1. The Kier molecular flexibility index (Phi) is 3.81. The van der Waals surface area contributed by atoms with Gasteiger partial charge in [0.05, 0.1) is 19.0 Å². The van der Waals surface area contributed by atoms with E-state index in [-0.39, 0.29) is 5.75 Å². The number of hydrogen-bond donors (Lipinski definition) is 2. The van der Waals surface area contributed by atoms with Crippen LogP contribution in [0.25, 0.3) is 0 Å². The lowest BCUT2D eigenvalue weighted by Gasteiger charge is -2.03. The van der Waals surface area contributed by atoms with E-state index in [9.17, 15) is 5.11 Å². The normalized spacial score (nSPS) is 10.5. The second-order valence-electron chi connectivity index (χ2n) is 3.66. The summed E-state index contributed by atoms with van der Waals surface area (Å²) in [5.74, 6) is 0.836. The molecular weight excluding hydrogens is 228 g/mol. The number of hydrogen-bond acceptors (Lipinski definition) is 4. The van der Waals surface area contributed by atoms with E-state index in [0.29, 0.717) is 11.3 Å². The number of phenols is 1. The summed E-state index contributed by atoms with van der Waals surface area (Å²) in [6.45, 7) is 0. The molecule has 0 fully saturated rings. The van der Waals surface area contributed by atoms with Crippen molar-refractivity contribution in [1.29, 1.82) is 0 Å². The number of ether oxygens (including phenoxy) is 1. The molecule has 2 aromatic rings. The third kappa shape index (κ3) is 3.01. The summed E-state index contributed by atoms with van der Waals surface area (Å²) in [7, 11) is 1.58. The van der Waals surface area contributed by atoms with Crippen molar-refractivity contribution in [3.63, 3.8) is 0 Å². The van der Waals surface area contributed by atoms with Crippen LogP contribution in [0, 0.1) is 0 Å². The second-order valence-corrected chi connectivity index (χ2v) is 3.66. The molecule has 0 saturated carbocycles. The average Bonchev–Trinajstić information content (AvgIpc) is 2.42. The van der Waals surface area contributed by atoms with E-state index < -0.39 is 0 Å². The van der Waals surface area contributed by atoms with E-state index in [4.69, 9.17) is 4.74 Å². The zero-order valence-corrected chi connectivity index (χ0v) is 10.00. The molecule has 0 aliphatic rings. The molecule has 2 aromatic carbocycles. The van der Waals surface area contributed by atoms with Crippen LogP contribution in [0.5, 0.6) is 11.5 Å². The summed E-state index contributed by atoms with van der Waals surface area (Å²) in [6.07, 6.45) is 1.55. The first-order valence-electron chi connectivity index (χ1n) is 5.51. The van der Waals surface area contributed by atoms with Gasteiger partial charge in [-0.15, -0.1) is 0 Å². The Morgan fingerprint density at radius 2 is 1.94 bits per heavy atom. The molecule has 0 aliphatic heterocycles. The quantitative estimate of drug-likeness (QED) is 0.640. The van der Waals surface area contributed by atoms with Gasteiger partial charge in [-0.1, -0.05) is 18.2 Å². The van der Waals surface area contributed by atoms with Gasteiger partial charge in [0.2, 0.25) is 0 Å². The largest absolute Gasteiger partial charge is 0.507 e. The molecule has 18 heavy (non-hydrogen) atoms. The van der Waals surface area contributed by atoms with Crippen molar-refractivity contribution < 1.29 is 9.84 Å². The van der Waals surface area contributed by atoms with E-state index in [2.05, 4.69) is 10.5 Å². The fourth-order valence-electron chi connectivity index (χ4n) is 1.45. The number of rotatable bonds is 4. The summed E-state index contributed by atoms with van der Waals surface area (Å²) in [6, 6.07) is 14.6. The van der Waals surface area contributed by atoms with Gasteiger partial charge in [0, 0.05) is 5.56 Å². The standard InChI is InChI=1S/C14H14N2O2/c1-18-13-7-8-14(17)11(9-13)10-15-16-12-5-3-2-4-6-12/h2-10,16-17H,1H3/b15-10-. The number of nitrogens with one attached hydrogen (secondary N) is 1. The lowest BCUT2D eigenvalue weighted by Crippen LogP contribution is -1.91. The number of hydrazone groups is 1. The zero-order chi connectivity index (χ0) is 12.8. The molecule has 0 aromatic heterocycles. The molecule has 0 atom stereocenters. The Balaban J connectivity index is 2.09. The van der Waals surface area contributed by atoms with Gasteiger partial charge in [-0.25, -0.2) is 0 Å². The highest BCUT2D eigenvalue weighted by molar-refractivity contribution is 5.84. The Hall–Kier alpha value is -2.49. The van der Waals surface area contributed by atoms with Crippen LogP contribution < -0.4 is 10.2 Å². The first kappa shape index (κ1) is 12.0. The number of benzene rings is 2. The van der Waals surface area contributed by atoms with Gasteiger partial charge in [0.25, 0.3) is 0 Å². The monoisotopic (exact) mass is 242 g/mol. The van der Waals surface area contributed by atoms with Crippen molar-refractivity contribution in [3.8, 4) is 11.5 Å². The van der Waals surface area contributed by atoms with E-state index in [1.54, 1.807) is 31.5 Å². The van der Waals surface area contributed by atoms with E-state index in [1.807, 2.05) is 30.3 Å². The topological polar surface area (TPSA) is 53.9 Å². The molecule has 0 heterocycles. The molecule has 92 valence electrons. The maximum Gasteiger partial charge on any atom is 0.124 e. The van der Waals surface area contributed by atoms with Gasteiger partial charge in [-0.3, -0.25) is 5.43 Å². The summed E-state index contributed by atoms with van der Waals surface area (Å²) >= 11 is 0. The number of phenolic OH excluding ortho intramolecular Hbond substituents is 1. The molecule has 2 N–H and O–H groups in total. The van der Waals surface area contributed by atoms with Crippen LogP contribution in [0.4, 0.5) is 5.69 Å². The fourth-order valence-corrected chi connectivity index (χ4v) is 1.45. The molecule has 0 spiro atoms. The van der Waals surface area contributed by atoms with Crippen LogP contribution >= 0.6 is 0 Å². The number of aromatic hydroxyl groups is 1. The van der Waals surface area contributed by atoms with Crippen molar-refractivity contribution >= 4 is 11.9 Å². The Bertz CT molecular complexity index is 539. The molecule has 2 rings (SSSR count). The third-order valence-electron chi connectivity index (χ3n) is 2.41. The van der Waals surface area contributed by atoms with Gasteiger partial charge >= 0.3 is 0 Å². The number of para-hydroxylation sites is 1. The molecule has 0 saturated heterocycles. The molecule has 4 nitrogen and oxygen atoms in total. The minimum absolute atomic E-state index is 0.161. The van der Waals surface area contributed by atoms with Crippen LogP contribution in [0.2, 0.25) is 0 Å². The molecule has 0 radical (unpaired) electrons. The minimum atomic E-state index is 0.161. The molecule has 0 amide bonds. The zero-order valence-electron chi connectivity index (χ0n) is 10.00. The lowest BCUT2D eigenvalue weighted by molar-refractivity contribution is 0.412. The van der Waals surface area contributed by atoms with Crippen molar-refractivity contribution in [2.75, 3.05) is 12.5 Å². The summed E-state index contributed by atoms with van der Waals surface area (Å²) in [4.78, 5) is 0. The van der Waals surface area contributed by atoms with E-state index >= 15 is 0 Å². The predicted octanol–water partition coefficient (Wildman–Crippen LogP) is 2.85. The van der Waals surface area contributed by atoms with Crippen LogP contribution in [0.15, 0.2) is 53.6 Å². The lowest BCUT2D eigenvalue weighted by atomic mass is 10.2. The summed E-state index contributed by atoms with van der Waals surface area (Å²) in [5, 5.41) is 13.7. The Morgan fingerprint density at radius 3 is 2.67 bits per heavy atom. The van der Waals surface area contributed by atoms with Crippen molar-refractivity contribution in [3.05, 3.63) is 54.1 Å². The van der Waals surface area contributed by atoms with Crippen molar-refractivity contribution in [1.82, 2.24) is 0 Å². The summed E-state index contributed by atoms with van der Waals surface area (Å²) < 4.78 is 5.08. The molecule has 4 heteroatoms. The summed E-state index contributed by atoms with van der Waals surface area (Å²) in [5.41, 5.74) is 4.36. The highest BCUT2D eigenvalue weighted by Crippen LogP contribution is 2.21. The first-order chi connectivity index (χ1) is 8.79. The first-order valence-corrected chi connectivity index (χ1v) is 5.51. The van der Waals surface area contributed by atoms with E-state index in [1.165, 1.54) is 0 Å². The van der Waals surface area contributed by atoms with Crippen molar-refractivity contribution in [2.24, 2.45) is 5.10 Å². The maximum atomic E-state index is 9.65. The molecular formula is C14H14N2O2. The van der Waals surface area contributed by atoms with Crippen LogP contribution in [0.3, 0.4) is 0 Å². The van der Waals surface area contributed by atoms with Crippen molar-refractivity contribution in [2.45, 2.75) is 0 Å². The Morgan fingerprint density at radius 1 is 1.17 bits per heavy atom. The maximum absolute atomic E-state index is 9.65. The smallest absolute Gasteiger partial charge is 0.124 e. The average molecular weight is 242 g/mol. The van der Waals surface area contributed by atoms with Crippen LogP contribution in [-0.2, 0) is 0 Å². The molecule has 0 unspecified atom stereocenters. The number of methoxy groups -OCH3 is 1. The van der Waals surface area contributed by atoms with E-state index in [0.717, 1.165) is 5.69 Å². The van der Waals surface area contributed by atoms with Crippen LogP contribution in [0.1, 0.15) is 5.56 Å². The van der Waals surface area contributed by atoms with Gasteiger partial charge in [0.1, 0.15) is 11.5 Å². The number of nitrogens with zero attached hydrogens (tertiary/aromatic N) is 1. The second kappa shape index (κ2) is 5.72. The molecule has 0 bridgehead atoms. The molecule has 0 aliphatic carbocycles. The third-order valence-corrected chi connectivity index (χ3v) is 2.41.